The van der Waals surface area contributed by atoms with Crippen molar-refractivity contribution < 1.29 is 28.5 Å². The van der Waals surface area contributed by atoms with Gasteiger partial charge in [-0.3, -0.25) is 9.59 Å². The van der Waals surface area contributed by atoms with Crippen molar-refractivity contribution in [3.8, 4) is 0 Å². The molecule has 0 aromatic carbocycles. The first-order valence-corrected chi connectivity index (χ1v) is 5.79. The molecule has 0 amide bonds. The lowest BCUT2D eigenvalue weighted by Crippen LogP contribution is -2.42. The maximum atomic E-state index is 11.0. The molecule has 0 spiro atoms. The van der Waals surface area contributed by atoms with Crippen LogP contribution in [0.2, 0.25) is 0 Å². The number of carbonyl (C=O) groups excluding carboxylic acids is 2. The Morgan fingerprint density at radius 3 is 2.50 bits per heavy atom. The van der Waals surface area contributed by atoms with Crippen molar-refractivity contribution in [3.63, 3.8) is 0 Å². The van der Waals surface area contributed by atoms with Crippen molar-refractivity contribution >= 4 is 11.9 Å². The summed E-state index contributed by atoms with van der Waals surface area (Å²) in [4.78, 5) is 21.7. The van der Waals surface area contributed by atoms with Gasteiger partial charge in [0.1, 0.15) is 18.8 Å². The average Bonchev–Trinajstić information content (AvgIpc) is 2.28. The fourth-order valence-corrected chi connectivity index (χ4v) is 1.52. The maximum absolute atomic E-state index is 11.0. The first kappa shape index (κ1) is 14.7. The smallest absolute Gasteiger partial charge is 0.303 e. The molecule has 3 atom stereocenters. The molecule has 6 nitrogen and oxygen atoms in total. The largest absolute Gasteiger partial charge is 0.463 e. The van der Waals surface area contributed by atoms with E-state index in [0.717, 1.165) is 0 Å². The topological polar surface area (TPSA) is 71.1 Å². The third kappa shape index (κ3) is 4.85. The van der Waals surface area contributed by atoms with Crippen LogP contribution in [0.5, 0.6) is 0 Å². The van der Waals surface area contributed by atoms with Crippen LogP contribution in [0.4, 0.5) is 0 Å². The van der Waals surface area contributed by atoms with Crippen molar-refractivity contribution in [2.24, 2.45) is 0 Å². The van der Waals surface area contributed by atoms with Gasteiger partial charge in [0, 0.05) is 20.5 Å². The van der Waals surface area contributed by atoms with Crippen molar-refractivity contribution in [2.45, 2.75) is 39.3 Å². The second-order valence-corrected chi connectivity index (χ2v) is 3.76. The molecule has 1 heterocycles. The number of carbonyl (C=O) groups is 2. The van der Waals surface area contributed by atoms with E-state index in [1.807, 2.05) is 6.92 Å². The molecule has 3 unspecified atom stereocenters. The predicted molar refractivity (Wildman–Crippen MR) is 61.6 cm³/mol. The second kappa shape index (κ2) is 7.13. The van der Waals surface area contributed by atoms with Crippen molar-refractivity contribution in [2.75, 3.05) is 13.2 Å². The van der Waals surface area contributed by atoms with Crippen LogP contribution >= 0.6 is 0 Å². The van der Waals surface area contributed by atoms with Gasteiger partial charge in [-0.05, 0) is 19.1 Å². The van der Waals surface area contributed by atoms with Crippen LogP contribution in [-0.2, 0) is 28.5 Å². The molecular formula is C12H18O6. The van der Waals surface area contributed by atoms with Crippen molar-refractivity contribution in [3.05, 3.63) is 12.2 Å². The number of rotatable bonds is 5. The highest BCUT2D eigenvalue weighted by atomic mass is 16.7. The van der Waals surface area contributed by atoms with Crippen LogP contribution in [0.25, 0.3) is 0 Å². The minimum atomic E-state index is -0.571. The molecular weight excluding hydrogens is 240 g/mol. The maximum Gasteiger partial charge on any atom is 0.303 e. The molecule has 0 aliphatic carbocycles. The highest BCUT2D eigenvalue weighted by molar-refractivity contribution is 5.66. The van der Waals surface area contributed by atoms with Gasteiger partial charge in [-0.25, -0.2) is 0 Å². The SMILES string of the molecule is CCOC1C=CC(OC(C)=O)C(COC(C)=O)O1. The zero-order valence-corrected chi connectivity index (χ0v) is 10.8. The Morgan fingerprint density at radius 1 is 1.22 bits per heavy atom. The molecule has 102 valence electrons. The molecule has 1 aliphatic rings. The zero-order chi connectivity index (χ0) is 13.5. The first-order valence-electron chi connectivity index (χ1n) is 5.79. The molecule has 0 fully saturated rings. The standard InChI is InChI=1S/C12H18O6/c1-4-15-12-6-5-10(17-9(3)14)11(18-12)7-16-8(2)13/h5-6,10-12H,4,7H2,1-3H3. The van der Waals surface area contributed by atoms with E-state index in [1.165, 1.54) is 13.8 Å². The summed E-state index contributed by atoms with van der Waals surface area (Å²) in [6.07, 6.45) is 1.71. The number of esters is 2. The highest BCUT2D eigenvalue weighted by Crippen LogP contribution is 2.17. The minimum Gasteiger partial charge on any atom is -0.463 e. The molecule has 1 aliphatic heterocycles. The fraction of sp³-hybridized carbons (Fsp3) is 0.667. The van der Waals surface area contributed by atoms with Gasteiger partial charge in [0.15, 0.2) is 6.29 Å². The molecule has 0 aromatic heterocycles. The summed E-state index contributed by atoms with van der Waals surface area (Å²) in [5, 5.41) is 0. The monoisotopic (exact) mass is 258 g/mol. The Labute approximate surface area is 106 Å². The summed E-state index contributed by atoms with van der Waals surface area (Å²) in [7, 11) is 0. The van der Waals surface area contributed by atoms with Gasteiger partial charge in [0.25, 0.3) is 0 Å². The molecule has 0 bridgehead atoms. The Morgan fingerprint density at radius 2 is 1.94 bits per heavy atom. The number of ether oxygens (including phenoxy) is 4. The second-order valence-electron chi connectivity index (χ2n) is 3.76. The van der Waals surface area contributed by atoms with E-state index in [2.05, 4.69) is 0 Å². The summed E-state index contributed by atoms with van der Waals surface area (Å²) in [5.41, 5.74) is 0. The fourth-order valence-electron chi connectivity index (χ4n) is 1.52. The lowest BCUT2D eigenvalue weighted by atomic mass is 10.1. The van der Waals surface area contributed by atoms with Gasteiger partial charge in [0.2, 0.25) is 0 Å². The van der Waals surface area contributed by atoms with Gasteiger partial charge in [-0.2, -0.15) is 0 Å². The van der Waals surface area contributed by atoms with E-state index >= 15 is 0 Å². The van der Waals surface area contributed by atoms with Crippen molar-refractivity contribution in [1.82, 2.24) is 0 Å². The Hall–Kier alpha value is -1.40. The van der Waals surface area contributed by atoms with Crippen LogP contribution in [0.15, 0.2) is 12.2 Å². The van der Waals surface area contributed by atoms with Crippen LogP contribution in [0.3, 0.4) is 0 Å². The van der Waals surface area contributed by atoms with Gasteiger partial charge in [-0.15, -0.1) is 0 Å². The predicted octanol–water partition coefficient (Wildman–Crippen LogP) is 0.799. The third-order valence-corrected chi connectivity index (χ3v) is 2.22. The zero-order valence-electron chi connectivity index (χ0n) is 10.8. The highest BCUT2D eigenvalue weighted by Gasteiger charge is 2.30. The summed E-state index contributed by atoms with van der Waals surface area (Å²) < 4.78 is 20.8. The summed E-state index contributed by atoms with van der Waals surface area (Å²) in [5.74, 6) is -0.835. The minimum absolute atomic E-state index is 0.0151. The van der Waals surface area contributed by atoms with Gasteiger partial charge < -0.3 is 18.9 Å². The normalized spacial score (nSPS) is 26.7. The van der Waals surface area contributed by atoms with Gasteiger partial charge in [-0.1, -0.05) is 0 Å². The van der Waals surface area contributed by atoms with E-state index < -0.39 is 30.4 Å². The van der Waals surface area contributed by atoms with Crippen LogP contribution in [-0.4, -0.2) is 43.7 Å². The van der Waals surface area contributed by atoms with Gasteiger partial charge in [0.05, 0.1) is 0 Å². The van der Waals surface area contributed by atoms with Crippen LogP contribution in [0, 0.1) is 0 Å². The van der Waals surface area contributed by atoms with E-state index in [-0.39, 0.29) is 6.61 Å². The molecule has 6 heteroatoms. The molecule has 0 saturated carbocycles. The lowest BCUT2D eigenvalue weighted by molar-refractivity contribution is -0.195. The quantitative estimate of drug-likeness (QED) is 0.536. The third-order valence-electron chi connectivity index (χ3n) is 2.22. The number of hydrogen-bond acceptors (Lipinski definition) is 6. The van der Waals surface area contributed by atoms with Gasteiger partial charge >= 0.3 is 11.9 Å². The van der Waals surface area contributed by atoms with Crippen molar-refractivity contribution in [1.29, 1.82) is 0 Å². The van der Waals surface area contributed by atoms with Crippen LogP contribution in [0.1, 0.15) is 20.8 Å². The van der Waals surface area contributed by atoms with E-state index in [9.17, 15) is 9.59 Å². The molecule has 1 rings (SSSR count). The summed E-state index contributed by atoms with van der Waals surface area (Å²) in [6.45, 7) is 4.97. The Kier molecular flexibility index (Phi) is 5.80. The van der Waals surface area contributed by atoms with E-state index in [0.29, 0.717) is 6.61 Å². The van der Waals surface area contributed by atoms with Crippen LogP contribution < -0.4 is 0 Å². The molecule has 0 radical (unpaired) electrons. The average molecular weight is 258 g/mol. The number of hydrogen-bond donors (Lipinski definition) is 0. The van der Waals surface area contributed by atoms with E-state index in [1.54, 1.807) is 12.2 Å². The lowest BCUT2D eigenvalue weighted by Gasteiger charge is -2.31. The molecule has 18 heavy (non-hydrogen) atoms. The Bertz CT molecular complexity index is 325. The first-order chi connectivity index (χ1) is 8.52. The molecule has 0 aromatic rings. The molecule has 0 N–H and O–H groups in total. The van der Waals surface area contributed by atoms with E-state index in [4.69, 9.17) is 18.9 Å². The Balaban J connectivity index is 2.62. The molecule has 0 saturated heterocycles. The summed E-state index contributed by atoms with van der Waals surface area (Å²) >= 11 is 0. The summed E-state index contributed by atoms with van der Waals surface area (Å²) in [6, 6.07) is 0.